The molecule has 0 heterocycles. The number of carbonyl (C=O) groups is 1. The van der Waals surface area contributed by atoms with Gasteiger partial charge in [-0.05, 0) is 19.2 Å². The number of nitrogens with zero attached hydrogens (tertiary/aromatic N) is 1. The largest absolute Gasteiger partial charge is 0.394 e. The maximum absolute atomic E-state index is 10.7. The Kier molecular flexibility index (Phi) is 5.97. The van der Waals surface area contributed by atoms with Crippen LogP contribution in [0.15, 0.2) is 17.3 Å². The summed E-state index contributed by atoms with van der Waals surface area (Å²) in [6.07, 6.45) is 3.54. The van der Waals surface area contributed by atoms with Gasteiger partial charge in [0, 0.05) is 6.04 Å². The Labute approximate surface area is 82.0 Å². The summed E-state index contributed by atoms with van der Waals surface area (Å²) < 4.78 is 0. The second kappa shape index (κ2) is 6.79. The van der Waals surface area contributed by atoms with Gasteiger partial charge in [-0.25, -0.2) is 4.99 Å². The van der Waals surface area contributed by atoms with E-state index in [9.17, 15) is 4.79 Å². The van der Waals surface area contributed by atoms with Crippen LogP contribution in [-0.4, -0.2) is 35.7 Å². The number of aliphatic hydroxyl groups is 1. The first-order chi connectivity index (χ1) is 6.61. The number of hydrogen-bond donors (Lipinski definition) is 4. The average molecular weight is 198 g/mol. The molecule has 0 aromatic heterocycles. The van der Waals surface area contributed by atoms with Crippen LogP contribution >= 0.6 is 0 Å². The lowest BCUT2D eigenvalue weighted by Crippen LogP contribution is -2.26. The zero-order chi connectivity index (χ0) is 11.0. The van der Waals surface area contributed by atoms with Gasteiger partial charge in [0.05, 0.1) is 6.61 Å². The molecular formula is C8H14N4O2. The van der Waals surface area contributed by atoms with Crippen LogP contribution in [0.4, 0.5) is 0 Å². The predicted octanol–water partition coefficient (Wildman–Crippen LogP) is -0.996. The van der Waals surface area contributed by atoms with Gasteiger partial charge < -0.3 is 16.2 Å². The third kappa shape index (κ3) is 5.04. The Morgan fingerprint density at radius 1 is 1.79 bits per heavy atom. The zero-order valence-electron chi connectivity index (χ0n) is 7.90. The summed E-state index contributed by atoms with van der Waals surface area (Å²) in [6.45, 7) is 1.75. The molecule has 1 unspecified atom stereocenters. The quantitative estimate of drug-likeness (QED) is 0.324. The van der Waals surface area contributed by atoms with E-state index in [-0.39, 0.29) is 18.4 Å². The van der Waals surface area contributed by atoms with Crippen molar-refractivity contribution in [2.45, 2.75) is 13.0 Å². The molecule has 0 fully saturated rings. The minimum atomic E-state index is -0.705. The van der Waals surface area contributed by atoms with Crippen molar-refractivity contribution < 1.29 is 9.90 Å². The van der Waals surface area contributed by atoms with Crippen LogP contribution in [0, 0.1) is 5.41 Å². The average Bonchev–Trinajstić information content (AvgIpc) is 2.16. The number of amides is 1. The molecule has 0 bridgehead atoms. The molecule has 0 aromatic rings. The second-order valence-corrected chi connectivity index (χ2v) is 2.59. The highest BCUT2D eigenvalue weighted by molar-refractivity contribution is 6.43. The number of nitrogens with two attached hydrogens (primary N) is 1. The van der Waals surface area contributed by atoms with Gasteiger partial charge in [-0.15, -0.1) is 0 Å². The zero-order valence-corrected chi connectivity index (χ0v) is 7.90. The fraction of sp³-hybridized carbons (Fsp3) is 0.375. The molecule has 0 rings (SSSR count). The summed E-state index contributed by atoms with van der Waals surface area (Å²) in [5, 5.41) is 18.1. The van der Waals surface area contributed by atoms with Crippen LogP contribution in [0.1, 0.15) is 6.92 Å². The Morgan fingerprint density at radius 2 is 2.43 bits per heavy atom. The van der Waals surface area contributed by atoms with Crippen molar-refractivity contribution in [2.24, 2.45) is 10.7 Å². The first kappa shape index (κ1) is 12.3. The van der Waals surface area contributed by atoms with E-state index in [1.54, 1.807) is 6.92 Å². The molecule has 78 valence electrons. The predicted molar refractivity (Wildman–Crippen MR) is 54.2 cm³/mol. The summed E-state index contributed by atoms with van der Waals surface area (Å²) in [4.78, 5) is 14.1. The van der Waals surface area contributed by atoms with E-state index in [1.165, 1.54) is 12.3 Å². The number of hydrogen-bond acceptors (Lipinski definition) is 4. The molecule has 6 heteroatoms. The lowest BCUT2D eigenvalue weighted by atomic mass is 10.3. The third-order valence-corrected chi connectivity index (χ3v) is 1.35. The third-order valence-electron chi connectivity index (χ3n) is 1.35. The fourth-order valence-corrected chi connectivity index (χ4v) is 0.602. The molecule has 1 amide bonds. The van der Waals surface area contributed by atoms with Crippen molar-refractivity contribution >= 4 is 18.0 Å². The number of aliphatic hydroxyl groups excluding tert-OH is 1. The first-order valence-electron chi connectivity index (χ1n) is 4.01. The van der Waals surface area contributed by atoms with Crippen LogP contribution in [0.25, 0.3) is 0 Å². The lowest BCUT2D eigenvalue weighted by Gasteiger charge is -2.06. The van der Waals surface area contributed by atoms with Crippen molar-refractivity contribution in [1.82, 2.24) is 5.32 Å². The molecule has 6 nitrogen and oxygen atoms in total. The van der Waals surface area contributed by atoms with Crippen molar-refractivity contribution in [1.29, 1.82) is 5.41 Å². The molecule has 5 N–H and O–H groups in total. The van der Waals surface area contributed by atoms with Crippen molar-refractivity contribution in [2.75, 3.05) is 6.61 Å². The van der Waals surface area contributed by atoms with E-state index < -0.39 is 5.91 Å². The Morgan fingerprint density at radius 3 is 2.86 bits per heavy atom. The maximum Gasteiger partial charge on any atom is 0.267 e. The summed E-state index contributed by atoms with van der Waals surface area (Å²) in [5.41, 5.74) is 4.95. The molecule has 14 heavy (non-hydrogen) atoms. The molecule has 0 aliphatic carbocycles. The molecule has 0 aliphatic rings. The van der Waals surface area contributed by atoms with Gasteiger partial charge in [-0.3, -0.25) is 10.2 Å². The Bertz CT molecular complexity index is 260. The van der Waals surface area contributed by atoms with Gasteiger partial charge >= 0.3 is 0 Å². The summed E-state index contributed by atoms with van der Waals surface area (Å²) >= 11 is 0. The topological polar surface area (TPSA) is 112 Å². The van der Waals surface area contributed by atoms with Gasteiger partial charge in [0.2, 0.25) is 0 Å². The summed E-state index contributed by atoms with van der Waals surface area (Å²) in [5.74, 6) is -0.705. The van der Waals surface area contributed by atoms with E-state index in [0.717, 1.165) is 6.34 Å². The molecule has 0 aliphatic heterocycles. The van der Waals surface area contributed by atoms with Gasteiger partial charge in [0.15, 0.2) is 0 Å². The van der Waals surface area contributed by atoms with Crippen LogP contribution in [0.5, 0.6) is 0 Å². The van der Waals surface area contributed by atoms with Crippen molar-refractivity contribution in [3.8, 4) is 0 Å². The molecule has 0 saturated heterocycles. The van der Waals surface area contributed by atoms with Gasteiger partial charge in [-0.2, -0.15) is 0 Å². The van der Waals surface area contributed by atoms with E-state index in [2.05, 4.69) is 10.3 Å². The van der Waals surface area contributed by atoms with Crippen LogP contribution in [0.2, 0.25) is 0 Å². The number of nitrogens with one attached hydrogen (secondary N) is 2. The van der Waals surface area contributed by atoms with Crippen LogP contribution < -0.4 is 11.1 Å². The van der Waals surface area contributed by atoms with E-state index in [0.29, 0.717) is 0 Å². The summed E-state index contributed by atoms with van der Waals surface area (Å²) in [7, 11) is 0. The lowest BCUT2D eigenvalue weighted by molar-refractivity contribution is -0.111. The molecule has 0 aromatic carbocycles. The van der Waals surface area contributed by atoms with E-state index in [1.807, 2.05) is 0 Å². The standard InChI is InChI=1S/C8H14N4O2/c1-6(4-13)11-3-2-7(8(10)14)12-5-9/h2-3,5-6,9,11,13H,4H2,1H3,(H2,10,14)/b3-2+,9-5?,12-7+. The molecule has 0 saturated carbocycles. The minimum Gasteiger partial charge on any atom is -0.394 e. The van der Waals surface area contributed by atoms with E-state index >= 15 is 0 Å². The Hall–Kier alpha value is -1.69. The molecular weight excluding hydrogens is 184 g/mol. The van der Waals surface area contributed by atoms with Crippen LogP contribution in [0.3, 0.4) is 0 Å². The second-order valence-electron chi connectivity index (χ2n) is 2.59. The highest BCUT2D eigenvalue weighted by Gasteiger charge is 2.00. The highest BCUT2D eigenvalue weighted by atomic mass is 16.3. The monoisotopic (exact) mass is 198 g/mol. The summed E-state index contributed by atoms with van der Waals surface area (Å²) in [6, 6.07) is -0.111. The van der Waals surface area contributed by atoms with Crippen LogP contribution in [-0.2, 0) is 4.79 Å². The molecule has 0 spiro atoms. The van der Waals surface area contributed by atoms with Gasteiger partial charge in [0.1, 0.15) is 12.1 Å². The minimum absolute atomic E-state index is 0.0159. The number of rotatable bonds is 6. The maximum atomic E-state index is 10.7. The number of aliphatic imine (C=N–C) groups is 1. The first-order valence-corrected chi connectivity index (χ1v) is 4.01. The number of carbonyl (C=O) groups excluding carboxylic acids is 1. The number of primary amides is 1. The highest BCUT2D eigenvalue weighted by Crippen LogP contribution is 1.82. The van der Waals surface area contributed by atoms with E-state index in [4.69, 9.17) is 16.2 Å². The Balaban J connectivity index is 4.24. The normalized spacial score (nSPS) is 14.0. The molecule has 1 atom stereocenters. The fourth-order valence-electron chi connectivity index (χ4n) is 0.602. The van der Waals surface area contributed by atoms with Gasteiger partial charge in [0.25, 0.3) is 5.91 Å². The van der Waals surface area contributed by atoms with Gasteiger partial charge in [-0.1, -0.05) is 0 Å². The SMILES string of the molecule is CC(CO)N/C=C/C(=N\C=N)C(N)=O. The smallest absolute Gasteiger partial charge is 0.267 e. The molecule has 0 radical (unpaired) electrons. The van der Waals surface area contributed by atoms with Crippen molar-refractivity contribution in [3.05, 3.63) is 12.3 Å². The van der Waals surface area contributed by atoms with Crippen molar-refractivity contribution in [3.63, 3.8) is 0 Å².